The number of ether oxygens (including phenoxy) is 1. The third kappa shape index (κ3) is 4.33. The highest BCUT2D eigenvalue weighted by Crippen LogP contribution is 2.47. The van der Waals surface area contributed by atoms with E-state index in [2.05, 4.69) is 32.8 Å². The van der Waals surface area contributed by atoms with Crippen LogP contribution in [0.3, 0.4) is 0 Å². The number of fused-ring (bicyclic) bond motifs is 5. The molecule has 3 heterocycles. The summed E-state index contributed by atoms with van der Waals surface area (Å²) in [5.41, 5.74) is 5.97. The smallest absolute Gasteiger partial charge is 0.316 e. The number of aromatic nitrogens is 1. The molecule has 1 saturated heterocycles. The largest absolute Gasteiger partial charge is 0.378 e. The van der Waals surface area contributed by atoms with Crippen LogP contribution < -0.4 is 4.90 Å². The zero-order chi connectivity index (χ0) is 25.4. The molecule has 1 aromatic heterocycles. The summed E-state index contributed by atoms with van der Waals surface area (Å²) in [6.07, 6.45) is 5.98. The maximum Gasteiger partial charge on any atom is 0.316 e. The first-order chi connectivity index (χ1) is 18.2. The Bertz CT molecular complexity index is 1350. The highest BCUT2D eigenvalue weighted by atomic mass is 16.5. The molecule has 1 saturated carbocycles. The Labute approximate surface area is 216 Å². The normalized spacial score (nSPS) is 18.3. The van der Waals surface area contributed by atoms with Gasteiger partial charge in [-0.3, -0.25) is 9.59 Å². The number of nitroso groups, excluding NO2 is 1. The van der Waals surface area contributed by atoms with Gasteiger partial charge in [0.15, 0.2) is 0 Å². The molecule has 0 spiro atoms. The number of hydrogen-bond donors (Lipinski definition) is 0. The van der Waals surface area contributed by atoms with Crippen molar-refractivity contribution in [2.24, 2.45) is 5.18 Å². The Kier molecular flexibility index (Phi) is 6.50. The SMILES string of the molecule is O=NC(=O)c1ccc2c(C3CCCCC3)c3n(c2c1)CCN(CC(=O)N1CCOCC1)c1ccccc1-3. The highest BCUT2D eigenvalue weighted by molar-refractivity contribution is 6.02. The van der Waals surface area contributed by atoms with Gasteiger partial charge in [0.25, 0.3) is 0 Å². The number of morpholine rings is 1. The first-order valence-corrected chi connectivity index (χ1v) is 13.4. The third-order valence-electron chi connectivity index (χ3n) is 8.23. The minimum atomic E-state index is -0.747. The summed E-state index contributed by atoms with van der Waals surface area (Å²) in [7, 11) is 0. The molecule has 0 bridgehead atoms. The van der Waals surface area contributed by atoms with E-state index >= 15 is 0 Å². The lowest BCUT2D eigenvalue weighted by Gasteiger charge is -2.31. The second kappa shape index (κ2) is 10.1. The number of anilines is 1. The maximum absolute atomic E-state index is 13.2. The van der Waals surface area contributed by atoms with Crippen LogP contribution in [-0.4, -0.2) is 60.7 Å². The van der Waals surface area contributed by atoms with E-state index < -0.39 is 5.91 Å². The lowest BCUT2D eigenvalue weighted by atomic mass is 9.81. The summed E-state index contributed by atoms with van der Waals surface area (Å²) in [6, 6.07) is 13.9. The molecule has 192 valence electrons. The molecule has 2 aromatic carbocycles. The minimum Gasteiger partial charge on any atom is -0.378 e. The molecule has 0 unspecified atom stereocenters. The van der Waals surface area contributed by atoms with E-state index in [1.807, 2.05) is 23.1 Å². The number of carbonyl (C=O) groups excluding carboxylic acids is 2. The number of amides is 2. The van der Waals surface area contributed by atoms with Gasteiger partial charge in [0.05, 0.1) is 25.5 Å². The summed E-state index contributed by atoms with van der Waals surface area (Å²) >= 11 is 0. The van der Waals surface area contributed by atoms with Crippen LogP contribution in [0.4, 0.5) is 5.69 Å². The lowest BCUT2D eigenvalue weighted by molar-refractivity contribution is -0.133. The van der Waals surface area contributed by atoms with Gasteiger partial charge in [-0.25, -0.2) is 0 Å². The molecule has 2 aliphatic heterocycles. The van der Waals surface area contributed by atoms with Crippen molar-refractivity contribution in [3.63, 3.8) is 0 Å². The number of para-hydroxylation sites is 1. The Morgan fingerprint density at radius 2 is 1.73 bits per heavy atom. The third-order valence-corrected chi connectivity index (χ3v) is 8.23. The van der Waals surface area contributed by atoms with E-state index in [4.69, 9.17) is 4.74 Å². The minimum absolute atomic E-state index is 0.118. The fraction of sp³-hybridized carbons (Fsp3) is 0.448. The second-order valence-electron chi connectivity index (χ2n) is 10.3. The summed E-state index contributed by atoms with van der Waals surface area (Å²) < 4.78 is 7.74. The van der Waals surface area contributed by atoms with Crippen molar-refractivity contribution in [1.82, 2.24) is 9.47 Å². The summed E-state index contributed by atoms with van der Waals surface area (Å²) in [4.78, 5) is 40.5. The molecule has 3 aliphatic rings. The predicted octanol–water partition coefficient (Wildman–Crippen LogP) is 4.94. The van der Waals surface area contributed by atoms with Crippen LogP contribution in [0.5, 0.6) is 0 Å². The van der Waals surface area contributed by atoms with Crippen LogP contribution in [0, 0.1) is 4.91 Å². The fourth-order valence-electron chi connectivity index (χ4n) is 6.42. The van der Waals surface area contributed by atoms with Crippen molar-refractivity contribution < 1.29 is 14.3 Å². The van der Waals surface area contributed by atoms with Crippen LogP contribution in [-0.2, 0) is 16.1 Å². The number of benzene rings is 2. The van der Waals surface area contributed by atoms with Crippen molar-refractivity contribution in [3.05, 3.63) is 58.5 Å². The Balaban J connectivity index is 1.48. The summed E-state index contributed by atoms with van der Waals surface area (Å²) in [5, 5.41) is 3.81. The molecule has 1 aliphatic carbocycles. The van der Waals surface area contributed by atoms with Gasteiger partial charge in [-0.2, -0.15) is 0 Å². The van der Waals surface area contributed by atoms with E-state index in [1.54, 1.807) is 6.07 Å². The average Bonchev–Trinajstić information content (AvgIpc) is 3.20. The van der Waals surface area contributed by atoms with E-state index in [1.165, 1.54) is 30.5 Å². The first kappa shape index (κ1) is 23.9. The van der Waals surface area contributed by atoms with Crippen LogP contribution in [0.1, 0.15) is 53.9 Å². The molecule has 3 aromatic rings. The molecule has 8 nitrogen and oxygen atoms in total. The van der Waals surface area contributed by atoms with Gasteiger partial charge in [0.1, 0.15) is 0 Å². The number of nitrogens with zero attached hydrogens (tertiary/aromatic N) is 4. The van der Waals surface area contributed by atoms with Gasteiger partial charge in [0, 0.05) is 59.1 Å². The second-order valence-corrected chi connectivity index (χ2v) is 10.3. The number of rotatable bonds is 4. The highest BCUT2D eigenvalue weighted by Gasteiger charge is 2.31. The predicted molar refractivity (Wildman–Crippen MR) is 143 cm³/mol. The molecule has 0 atom stereocenters. The number of carbonyl (C=O) groups is 2. The van der Waals surface area contributed by atoms with Gasteiger partial charge in [0.2, 0.25) is 5.91 Å². The molecule has 2 fully saturated rings. The van der Waals surface area contributed by atoms with Crippen LogP contribution >= 0.6 is 0 Å². The van der Waals surface area contributed by atoms with Crippen molar-refractivity contribution >= 4 is 28.4 Å². The van der Waals surface area contributed by atoms with Crippen molar-refractivity contribution in [3.8, 4) is 11.3 Å². The topological polar surface area (TPSA) is 84.2 Å². The Hall–Kier alpha value is -3.52. The number of hydrogen-bond acceptors (Lipinski definition) is 5. The molecule has 6 rings (SSSR count). The zero-order valence-electron chi connectivity index (χ0n) is 21.0. The van der Waals surface area contributed by atoms with Gasteiger partial charge >= 0.3 is 5.91 Å². The molecular weight excluding hydrogens is 468 g/mol. The maximum atomic E-state index is 13.2. The fourth-order valence-corrected chi connectivity index (χ4v) is 6.42. The summed E-state index contributed by atoms with van der Waals surface area (Å²) in [6.45, 7) is 4.09. The molecule has 0 N–H and O–H groups in total. The van der Waals surface area contributed by atoms with Gasteiger partial charge in [-0.05, 0) is 42.5 Å². The molecule has 0 radical (unpaired) electrons. The zero-order valence-corrected chi connectivity index (χ0v) is 21.0. The molecule has 37 heavy (non-hydrogen) atoms. The Morgan fingerprint density at radius 1 is 0.946 bits per heavy atom. The standard InChI is InChI=1S/C29H32N4O4/c34-26(31-14-16-37-17-15-31)19-32-12-13-33-25-18-21(29(35)30-36)10-11-22(25)27(20-6-2-1-3-7-20)28(33)23-8-4-5-9-24(23)32/h4-5,8-11,18,20H,1-3,6-7,12-17,19H2. The monoisotopic (exact) mass is 500 g/mol. The van der Waals surface area contributed by atoms with Crippen LogP contribution in [0.25, 0.3) is 22.2 Å². The van der Waals surface area contributed by atoms with E-state index in [0.717, 1.165) is 35.0 Å². The first-order valence-electron chi connectivity index (χ1n) is 13.4. The van der Waals surface area contributed by atoms with Gasteiger partial charge < -0.3 is 19.1 Å². The van der Waals surface area contributed by atoms with Crippen LogP contribution in [0.15, 0.2) is 47.6 Å². The van der Waals surface area contributed by atoms with Gasteiger partial charge in [-0.15, -0.1) is 4.91 Å². The lowest BCUT2D eigenvalue weighted by Crippen LogP contribution is -2.46. The molecule has 8 heteroatoms. The molecule has 2 amide bonds. The van der Waals surface area contributed by atoms with Crippen molar-refractivity contribution in [2.75, 3.05) is 44.3 Å². The Morgan fingerprint density at radius 3 is 2.51 bits per heavy atom. The average molecular weight is 501 g/mol. The summed E-state index contributed by atoms with van der Waals surface area (Å²) in [5.74, 6) is -0.191. The van der Waals surface area contributed by atoms with E-state index in [0.29, 0.717) is 57.4 Å². The van der Waals surface area contributed by atoms with E-state index in [9.17, 15) is 14.5 Å². The quantitative estimate of drug-likeness (QED) is 0.474. The van der Waals surface area contributed by atoms with Crippen molar-refractivity contribution in [1.29, 1.82) is 0 Å². The van der Waals surface area contributed by atoms with Crippen molar-refractivity contribution in [2.45, 2.75) is 44.6 Å². The van der Waals surface area contributed by atoms with E-state index in [-0.39, 0.29) is 5.91 Å². The molecular formula is C29H32N4O4. The van der Waals surface area contributed by atoms with Gasteiger partial charge in [-0.1, -0.05) is 43.5 Å². The van der Waals surface area contributed by atoms with Crippen LogP contribution in [0.2, 0.25) is 0 Å².